The van der Waals surface area contributed by atoms with Gasteiger partial charge in [-0.15, -0.1) is 0 Å². The second-order valence-corrected chi connectivity index (χ2v) is 5.23. The molecular weight excluding hydrogens is 250 g/mol. The van der Waals surface area contributed by atoms with Crippen LogP contribution in [0.2, 0.25) is 0 Å². The third-order valence-corrected chi connectivity index (χ3v) is 3.48. The first-order valence-corrected chi connectivity index (χ1v) is 7.14. The second kappa shape index (κ2) is 6.42. The van der Waals surface area contributed by atoms with E-state index in [-0.39, 0.29) is 17.7 Å². The highest BCUT2D eigenvalue weighted by Gasteiger charge is 2.14. The number of carbonyl (C=O) groups is 1. The minimum absolute atomic E-state index is 0.0314. The summed E-state index contributed by atoms with van der Waals surface area (Å²) < 4.78 is 0. The van der Waals surface area contributed by atoms with E-state index in [1.165, 1.54) is 0 Å². The molecule has 0 spiro atoms. The predicted octanol–water partition coefficient (Wildman–Crippen LogP) is 3.85. The van der Waals surface area contributed by atoms with Crippen molar-refractivity contribution < 1.29 is 9.90 Å². The molecule has 20 heavy (non-hydrogen) atoms. The van der Waals surface area contributed by atoms with Gasteiger partial charge in [0.25, 0.3) is 5.91 Å². The largest absolute Gasteiger partial charge is 0.507 e. The summed E-state index contributed by atoms with van der Waals surface area (Å²) >= 11 is 0. The van der Waals surface area contributed by atoms with Crippen molar-refractivity contribution >= 4 is 16.7 Å². The van der Waals surface area contributed by atoms with Gasteiger partial charge in [0.1, 0.15) is 5.75 Å². The Balaban J connectivity index is 2.19. The first-order chi connectivity index (χ1) is 9.61. The number of phenolic OH excluding ortho intramolecular Hbond substituents is 1. The monoisotopic (exact) mass is 271 g/mol. The van der Waals surface area contributed by atoms with Crippen LogP contribution in [0.15, 0.2) is 36.4 Å². The Hall–Kier alpha value is -2.03. The summed E-state index contributed by atoms with van der Waals surface area (Å²) in [7, 11) is 0. The zero-order valence-electron chi connectivity index (χ0n) is 12.0. The number of amides is 1. The lowest BCUT2D eigenvalue weighted by Crippen LogP contribution is -2.32. The first kappa shape index (κ1) is 14.4. The number of unbranched alkanes of at least 4 members (excludes halogenated alkanes) is 1. The summed E-state index contributed by atoms with van der Waals surface area (Å²) in [5.41, 5.74) is 0.340. The molecule has 0 bridgehead atoms. The van der Waals surface area contributed by atoms with Gasteiger partial charge in [-0.05, 0) is 36.2 Å². The highest BCUT2D eigenvalue weighted by atomic mass is 16.3. The maximum atomic E-state index is 12.2. The van der Waals surface area contributed by atoms with Crippen molar-refractivity contribution in [1.82, 2.24) is 5.32 Å². The topological polar surface area (TPSA) is 49.3 Å². The third-order valence-electron chi connectivity index (χ3n) is 3.48. The Bertz CT molecular complexity index is 607. The van der Waals surface area contributed by atoms with E-state index < -0.39 is 0 Å². The van der Waals surface area contributed by atoms with Crippen molar-refractivity contribution in [3.05, 3.63) is 42.0 Å². The third kappa shape index (κ3) is 3.29. The molecule has 0 heterocycles. The van der Waals surface area contributed by atoms with Crippen LogP contribution in [0.4, 0.5) is 0 Å². The average Bonchev–Trinajstić information content (AvgIpc) is 2.44. The van der Waals surface area contributed by atoms with Gasteiger partial charge in [-0.3, -0.25) is 4.79 Å². The summed E-state index contributed by atoms with van der Waals surface area (Å²) in [5.74, 6) is -0.180. The Morgan fingerprint density at radius 3 is 2.55 bits per heavy atom. The van der Waals surface area contributed by atoms with Crippen LogP contribution in [0.25, 0.3) is 10.8 Å². The fourth-order valence-electron chi connectivity index (χ4n) is 2.29. The number of hydrogen-bond acceptors (Lipinski definition) is 2. The number of phenols is 1. The van der Waals surface area contributed by atoms with E-state index in [4.69, 9.17) is 0 Å². The molecule has 0 aromatic heterocycles. The number of hydrogen-bond donors (Lipinski definition) is 2. The van der Waals surface area contributed by atoms with Gasteiger partial charge in [-0.2, -0.15) is 0 Å². The van der Waals surface area contributed by atoms with Crippen molar-refractivity contribution in [2.24, 2.45) is 0 Å². The Morgan fingerprint density at radius 1 is 1.25 bits per heavy atom. The quantitative estimate of drug-likeness (QED) is 0.867. The fraction of sp³-hybridized carbons (Fsp3) is 0.353. The lowest BCUT2D eigenvalue weighted by molar-refractivity contribution is 0.0935. The van der Waals surface area contributed by atoms with Crippen LogP contribution in [0.3, 0.4) is 0 Å². The van der Waals surface area contributed by atoms with Gasteiger partial charge in [0, 0.05) is 6.04 Å². The summed E-state index contributed by atoms with van der Waals surface area (Å²) in [4.78, 5) is 12.2. The van der Waals surface area contributed by atoms with E-state index in [0.29, 0.717) is 5.56 Å². The molecule has 2 N–H and O–H groups in total. The molecule has 3 nitrogen and oxygen atoms in total. The molecule has 0 saturated heterocycles. The van der Waals surface area contributed by atoms with Gasteiger partial charge >= 0.3 is 0 Å². The SMILES string of the molecule is CCCCC(C)NC(=O)c1cc2ccccc2cc1O. The van der Waals surface area contributed by atoms with E-state index in [1.807, 2.05) is 31.2 Å². The van der Waals surface area contributed by atoms with Gasteiger partial charge < -0.3 is 10.4 Å². The predicted molar refractivity (Wildman–Crippen MR) is 82.1 cm³/mol. The lowest BCUT2D eigenvalue weighted by Gasteiger charge is -2.14. The summed E-state index contributed by atoms with van der Waals surface area (Å²) in [5, 5.41) is 14.8. The first-order valence-electron chi connectivity index (χ1n) is 7.14. The number of rotatable bonds is 5. The van der Waals surface area contributed by atoms with Crippen molar-refractivity contribution in [1.29, 1.82) is 0 Å². The maximum Gasteiger partial charge on any atom is 0.255 e. The standard InChI is InChI=1S/C17H21NO2/c1-3-4-7-12(2)18-17(20)15-10-13-8-5-6-9-14(13)11-16(15)19/h5-6,8-12,19H,3-4,7H2,1-2H3,(H,18,20). The number of fused-ring (bicyclic) bond motifs is 1. The van der Waals surface area contributed by atoms with Gasteiger partial charge in [0.2, 0.25) is 0 Å². The zero-order chi connectivity index (χ0) is 14.5. The molecule has 2 aromatic rings. The summed E-state index contributed by atoms with van der Waals surface area (Å²) in [6.45, 7) is 4.12. The van der Waals surface area contributed by atoms with Gasteiger partial charge in [0.05, 0.1) is 5.56 Å². The van der Waals surface area contributed by atoms with Crippen molar-refractivity contribution in [2.45, 2.75) is 39.2 Å². The van der Waals surface area contributed by atoms with E-state index in [2.05, 4.69) is 12.2 Å². The Morgan fingerprint density at radius 2 is 1.90 bits per heavy atom. The van der Waals surface area contributed by atoms with Crippen LogP contribution < -0.4 is 5.32 Å². The number of carbonyl (C=O) groups excluding carboxylic acids is 1. The van der Waals surface area contributed by atoms with E-state index >= 15 is 0 Å². The highest BCUT2D eigenvalue weighted by molar-refractivity contribution is 6.01. The molecule has 1 atom stereocenters. The number of aromatic hydroxyl groups is 1. The minimum atomic E-state index is -0.211. The smallest absolute Gasteiger partial charge is 0.255 e. The highest BCUT2D eigenvalue weighted by Crippen LogP contribution is 2.25. The van der Waals surface area contributed by atoms with Crippen LogP contribution in [0.5, 0.6) is 5.75 Å². The average molecular weight is 271 g/mol. The molecule has 0 radical (unpaired) electrons. The Labute approximate surface area is 119 Å². The van der Waals surface area contributed by atoms with Crippen LogP contribution in [-0.4, -0.2) is 17.1 Å². The number of benzene rings is 2. The molecule has 2 rings (SSSR count). The molecule has 0 aliphatic heterocycles. The summed E-state index contributed by atoms with van der Waals surface area (Å²) in [6.07, 6.45) is 3.16. The van der Waals surface area contributed by atoms with E-state index in [1.54, 1.807) is 12.1 Å². The van der Waals surface area contributed by atoms with Gasteiger partial charge in [-0.1, -0.05) is 44.0 Å². The molecule has 1 unspecified atom stereocenters. The molecule has 0 aliphatic carbocycles. The molecule has 2 aromatic carbocycles. The van der Waals surface area contributed by atoms with E-state index in [0.717, 1.165) is 30.0 Å². The van der Waals surface area contributed by atoms with Crippen molar-refractivity contribution in [3.63, 3.8) is 0 Å². The fourth-order valence-corrected chi connectivity index (χ4v) is 2.29. The van der Waals surface area contributed by atoms with Crippen LogP contribution >= 0.6 is 0 Å². The molecule has 3 heteroatoms. The van der Waals surface area contributed by atoms with E-state index in [9.17, 15) is 9.90 Å². The summed E-state index contributed by atoms with van der Waals surface area (Å²) in [6, 6.07) is 11.2. The molecule has 1 amide bonds. The Kier molecular flexibility index (Phi) is 4.61. The van der Waals surface area contributed by atoms with Gasteiger partial charge in [-0.25, -0.2) is 0 Å². The molecule has 106 valence electrons. The van der Waals surface area contributed by atoms with Gasteiger partial charge in [0.15, 0.2) is 0 Å². The maximum absolute atomic E-state index is 12.2. The molecule has 0 saturated carbocycles. The van der Waals surface area contributed by atoms with Crippen LogP contribution in [-0.2, 0) is 0 Å². The minimum Gasteiger partial charge on any atom is -0.507 e. The van der Waals surface area contributed by atoms with Crippen LogP contribution in [0.1, 0.15) is 43.5 Å². The normalized spacial score (nSPS) is 12.3. The zero-order valence-corrected chi connectivity index (χ0v) is 12.0. The number of nitrogens with one attached hydrogen (secondary N) is 1. The second-order valence-electron chi connectivity index (χ2n) is 5.23. The van der Waals surface area contributed by atoms with Crippen LogP contribution in [0, 0.1) is 0 Å². The lowest BCUT2D eigenvalue weighted by atomic mass is 10.0. The molecule has 0 fully saturated rings. The molecule has 0 aliphatic rings. The molecular formula is C17H21NO2. The van der Waals surface area contributed by atoms with Crippen molar-refractivity contribution in [3.8, 4) is 5.75 Å². The van der Waals surface area contributed by atoms with Crippen molar-refractivity contribution in [2.75, 3.05) is 0 Å².